The lowest BCUT2D eigenvalue weighted by molar-refractivity contribution is 0.269. The Bertz CT molecular complexity index is 299. The number of nitrogens with two attached hydrogens (primary N) is 2. The minimum Gasteiger partial charge on any atom is -0.493 e. The molecule has 0 aliphatic carbocycles. The molecule has 12 heavy (non-hydrogen) atoms. The van der Waals surface area contributed by atoms with Crippen LogP contribution in [0.15, 0.2) is 18.2 Å². The molecule has 0 aromatic heterocycles. The van der Waals surface area contributed by atoms with Gasteiger partial charge in [0, 0.05) is 23.7 Å². The van der Waals surface area contributed by atoms with Gasteiger partial charge in [-0.2, -0.15) is 0 Å². The van der Waals surface area contributed by atoms with Gasteiger partial charge in [-0.25, -0.2) is 0 Å². The van der Waals surface area contributed by atoms with Crippen molar-refractivity contribution >= 4 is 5.69 Å². The van der Waals surface area contributed by atoms with E-state index in [1.165, 1.54) is 0 Å². The average molecular weight is 164 g/mol. The summed E-state index contributed by atoms with van der Waals surface area (Å²) in [4.78, 5) is 0. The van der Waals surface area contributed by atoms with Crippen LogP contribution in [0.25, 0.3) is 0 Å². The smallest absolute Gasteiger partial charge is 0.126 e. The summed E-state index contributed by atoms with van der Waals surface area (Å²) in [5.41, 5.74) is 13.4. The summed E-state index contributed by atoms with van der Waals surface area (Å²) >= 11 is 0. The first-order chi connectivity index (χ1) is 5.79. The van der Waals surface area contributed by atoms with Crippen LogP contribution in [-0.2, 0) is 0 Å². The zero-order valence-electron chi connectivity index (χ0n) is 6.79. The third-order valence-electron chi connectivity index (χ3n) is 2.16. The van der Waals surface area contributed by atoms with Gasteiger partial charge in [-0.3, -0.25) is 0 Å². The second-order valence-corrected chi connectivity index (χ2v) is 3.00. The first-order valence-corrected chi connectivity index (χ1v) is 4.06. The molecular formula is C9H12N2O. The van der Waals surface area contributed by atoms with Gasteiger partial charge in [0.25, 0.3) is 0 Å². The van der Waals surface area contributed by atoms with E-state index in [2.05, 4.69) is 0 Å². The highest BCUT2D eigenvalue weighted by Gasteiger charge is 2.19. The summed E-state index contributed by atoms with van der Waals surface area (Å²) < 4.78 is 5.41. The molecule has 64 valence electrons. The molecule has 0 saturated heterocycles. The maximum atomic E-state index is 5.89. The standard InChI is InChI=1S/C9H12N2O/c10-6-2-1-3-8-9(6)7(11)4-5-12-8/h1-3,7H,4-5,10-11H2. The van der Waals surface area contributed by atoms with Crippen molar-refractivity contribution in [3.63, 3.8) is 0 Å². The predicted molar refractivity (Wildman–Crippen MR) is 47.9 cm³/mol. The summed E-state index contributed by atoms with van der Waals surface area (Å²) in [5.74, 6) is 0.841. The molecule has 1 heterocycles. The first-order valence-electron chi connectivity index (χ1n) is 4.06. The van der Waals surface area contributed by atoms with Crippen molar-refractivity contribution in [2.75, 3.05) is 12.3 Å². The van der Waals surface area contributed by atoms with E-state index in [0.29, 0.717) is 6.61 Å². The number of hydrogen-bond acceptors (Lipinski definition) is 3. The van der Waals surface area contributed by atoms with Crippen molar-refractivity contribution in [1.29, 1.82) is 0 Å². The fourth-order valence-electron chi connectivity index (χ4n) is 1.52. The van der Waals surface area contributed by atoms with E-state index in [1.54, 1.807) is 0 Å². The molecule has 1 atom stereocenters. The normalized spacial score (nSPS) is 21.2. The Balaban J connectivity index is 2.53. The Morgan fingerprint density at radius 1 is 1.42 bits per heavy atom. The van der Waals surface area contributed by atoms with E-state index in [0.717, 1.165) is 23.4 Å². The molecule has 3 nitrogen and oxygen atoms in total. The first kappa shape index (κ1) is 7.43. The fourth-order valence-corrected chi connectivity index (χ4v) is 1.52. The van der Waals surface area contributed by atoms with Crippen LogP contribution < -0.4 is 16.2 Å². The topological polar surface area (TPSA) is 61.3 Å². The second kappa shape index (κ2) is 2.68. The maximum absolute atomic E-state index is 5.89. The number of benzene rings is 1. The van der Waals surface area contributed by atoms with Gasteiger partial charge in [0.15, 0.2) is 0 Å². The largest absolute Gasteiger partial charge is 0.493 e. The number of ether oxygens (including phenoxy) is 1. The Labute approximate surface area is 71.3 Å². The lowest BCUT2D eigenvalue weighted by Crippen LogP contribution is -2.21. The van der Waals surface area contributed by atoms with Crippen LogP contribution in [0.5, 0.6) is 5.75 Å². The number of fused-ring (bicyclic) bond motifs is 1. The lowest BCUT2D eigenvalue weighted by Gasteiger charge is -2.23. The molecule has 0 amide bonds. The molecule has 1 unspecified atom stereocenters. The molecular weight excluding hydrogens is 152 g/mol. The predicted octanol–water partition coefficient (Wildman–Crippen LogP) is 1.05. The number of nitrogen functional groups attached to an aromatic ring is 1. The number of rotatable bonds is 0. The highest BCUT2D eigenvalue weighted by atomic mass is 16.5. The molecule has 4 N–H and O–H groups in total. The molecule has 0 spiro atoms. The van der Waals surface area contributed by atoms with Gasteiger partial charge in [-0.1, -0.05) is 6.07 Å². The molecule has 2 rings (SSSR count). The Kier molecular flexibility index (Phi) is 1.66. The van der Waals surface area contributed by atoms with Crippen molar-refractivity contribution in [3.8, 4) is 5.75 Å². The summed E-state index contributed by atoms with van der Waals surface area (Å²) in [6.45, 7) is 0.692. The molecule has 1 aliphatic heterocycles. The minimum absolute atomic E-state index is 0.0370. The Morgan fingerprint density at radius 2 is 2.25 bits per heavy atom. The Morgan fingerprint density at radius 3 is 3.00 bits per heavy atom. The minimum atomic E-state index is 0.0370. The van der Waals surface area contributed by atoms with Crippen molar-refractivity contribution in [3.05, 3.63) is 23.8 Å². The zero-order chi connectivity index (χ0) is 8.55. The van der Waals surface area contributed by atoms with Gasteiger partial charge in [0.1, 0.15) is 5.75 Å². The van der Waals surface area contributed by atoms with Crippen LogP contribution in [0.3, 0.4) is 0 Å². The molecule has 0 radical (unpaired) electrons. The van der Waals surface area contributed by atoms with E-state index in [4.69, 9.17) is 16.2 Å². The number of anilines is 1. The molecule has 1 aromatic carbocycles. The molecule has 0 saturated carbocycles. The highest BCUT2D eigenvalue weighted by Crippen LogP contribution is 2.34. The van der Waals surface area contributed by atoms with E-state index in [1.807, 2.05) is 18.2 Å². The van der Waals surface area contributed by atoms with Crippen molar-refractivity contribution in [2.24, 2.45) is 5.73 Å². The fraction of sp³-hybridized carbons (Fsp3) is 0.333. The monoisotopic (exact) mass is 164 g/mol. The summed E-state index contributed by atoms with van der Waals surface area (Å²) in [7, 11) is 0. The van der Waals surface area contributed by atoms with Crippen LogP contribution in [-0.4, -0.2) is 6.61 Å². The summed E-state index contributed by atoms with van der Waals surface area (Å²) in [6, 6.07) is 5.68. The third-order valence-corrected chi connectivity index (χ3v) is 2.16. The summed E-state index contributed by atoms with van der Waals surface area (Å²) in [5, 5.41) is 0. The highest BCUT2D eigenvalue weighted by molar-refractivity contribution is 5.56. The van der Waals surface area contributed by atoms with E-state index < -0.39 is 0 Å². The summed E-state index contributed by atoms with van der Waals surface area (Å²) in [6.07, 6.45) is 0.848. The van der Waals surface area contributed by atoms with Gasteiger partial charge in [-0.15, -0.1) is 0 Å². The maximum Gasteiger partial charge on any atom is 0.126 e. The lowest BCUT2D eigenvalue weighted by atomic mass is 10.00. The SMILES string of the molecule is Nc1cccc2c1C(N)CCO2. The van der Waals surface area contributed by atoms with Crippen LogP contribution in [0.1, 0.15) is 18.0 Å². The molecule has 1 aromatic rings. The van der Waals surface area contributed by atoms with Gasteiger partial charge in [-0.05, 0) is 12.1 Å². The van der Waals surface area contributed by atoms with E-state index in [9.17, 15) is 0 Å². The van der Waals surface area contributed by atoms with Gasteiger partial charge >= 0.3 is 0 Å². The van der Waals surface area contributed by atoms with Gasteiger partial charge in [0.2, 0.25) is 0 Å². The Hall–Kier alpha value is -1.22. The molecule has 0 bridgehead atoms. The van der Waals surface area contributed by atoms with Gasteiger partial charge in [0.05, 0.1) is 6.61 Å². The average Bonchev–Trinajstić information content (AvgIpc) is 2.04. The van der Waals surface area contributed by atoms with E-state index in [-0.39, 0.29) is 6.04 Å². The third kappa shape index (κ3) is 1.02. The quantitative estimate of drug-likeness (QED) is 0.563. The molecule has 3 heteroatoms. The number of hydrogen-bond donors (Lipinski definition) is 2. The van der Waals surface area contributed by atoms with Crippen molar-refractivity contribution < 1.29 is 4.74 Å². The second-order valence-electron chi connectivity index (χ2n) is 3.00. The van der Waals surface area contributed by atoms with E-state index >= 15 is 0 Å². The van der Waals surface area contributed by atoms with Crippen molar-refractivity contribution in [2.45, 2.75) is 12.5 Å². The molecule has 1 aliphatic rings. The van der Waals surface area contributed by atoms with Crippen LogP contribution in [0.4, 0.5) is 5.69 Å². The van der Waals surface area contributed by atoms with Crippen molar-refractivity contribution in [1.82, 2.24) is 0 Å². The van der Waals surface area contributed by atoms with Crippen LogP contribution >= 0.6 is 0 Å². The molecule has 0 fully saturated rings. The van der Waals surface area contributed by atoms with Gasteiger partial charge < -0.3 is 16.2 Å². The van der Waals surface area contributed by atoms with Crippen LogP contribution in [0.2, 0.25) is 0 Å². The zero-order valence-corrected chi connectivity index (χ0v) is 6.79. The van der Waals surface area contributed by atoms with Crippen LogP contribution in [0, 0.1) is 0 Å².